The van der Waals surface area contributed by atoms with Gasteiger partial charge in [-0.2, -0.15) is 0 Å². The third-order valence-corrected chi connectivity index (χ3v) is 13.0. The van der Waals surface area contributed by atoms with Crippen LogP contribution < -0.4 is 0 Å². The number of allylic oxidation sites excluding steroid dienone is 16. The summed E-state index contributed by atoms with van der Waals surface area (Å²) in [5.74, 6) is -0.950. The number of carbonyl (C=O) groups is 3. The summed E-state index contributed by atoms with van der Waals surface area (Å²) in [5.41, 5.74) is 0. The lowest BCUT2D eigenvalue weighted by atomic mass is 10.0. The molecule has 0 aliphatic carbocycles. The lowest BCUT2D eigenvalue weighted by Crippen LogP contribution is -2.30. The zero-order valence-corrected chi connectivity index (χ0v) is 47.9. The molecule has 0 heterocycles. The molecule has 0 aromatic rings. The second-order valence-corrected chi connectivity index (χ2v) is 20.2. The topological polar surface area (TPSA) is 78.9 Å². The highest BCUT2D eigenvalue weighted by Gasteiger charge is 2.19. The fraction of sp³-hybridized carbons (Fsp3) is 0.716. The smallest absolute Gasteiger partial charge is 0.306 e. The summed E-state index contributed by atoms with van der Waals surface area (Å²) in [5, 5.41) is 0. The van der Waals surface area contributed by atoms with E-state index in [1.807, 2.05) is 0 Å². The van der Waals surface area contributed by atoms with Crippen molar-refractivity contribution in [2.45, 2.75) is 297 Å². The molecule has 73 heavy (non-hydrogen) atoms. The summed E-state index contributed by atoms with van der Waals surface area (Å²) < 4.78 is 16.8. The van der Waals surface area contributed by atoms with Gasteiger partial charge in [0.2, 0.25) is 0 Å². The third kappa shape index (κ3) is 59.1. The molecule has 0 amide bonds. The van der Waals surface area contributed by atoms with Gasteiger partial charge < -0.3 is 14.2 Å². The van der Waals surface area contributed by atoms with Crippen molar-refractivity contribution in [3.63, 3.8) is 0 Å². The highest BCUT2D eigenvalue weighted by Crippen LogP contribution is 2.15. The average molecular weight is 1020 g/mol. The minimum absolute atomic E-state index is 0.0989. The van der Waals surface area contributed by atoms with Crippen LogP contribution in [0.2, 0.25) is 0 Å². The normalized spacial score (nSPS) is 12.8. The van der Waals surface area contributed by atoms with Gasteiger partial charge in [0.15, 0.2) is 6.10 Å². The first-order chi connectivity index (χ1) is 36.0. The van der Waals surface area contributed by atoms with E-state index in [4.69, 9.17) is 14.2 Å². The molecule has 0 rings (SSSR count). The fourth-order valence-corrected chi connectivity index (χ4v) is 8.44. The summed E-state index contributed by atoms with van der Waals surface area (Å²) in [6.45, 7) is 6.46. The fourth-order valence-electron chi connectivity index (χ4n) is 8.44. The van der Waals surface area contributed by atoms with Crippen LogP contribution in [0.3, 0.4) is 0 Å². The van der Waals surface area contributed by atoms with E-state index in [0.29, 0.717) is 19.3 Å². The Morgan fingerprint density at radius 2 is 0.534 bits per heavy atom. The van der Waals surface area contributed by atoms with Gasteiger partial charge in [0.1, 0.15) is 13.2 Å². The van der Waals surface area contributed by atoms with Crippen molar-refractivity contribution >= 4 is 17.9 Å². The Morgan fingerprint density at radius 1 is 0.288 bits per heavy atom. The summed E-state index contributed by atoms with van der Waals surface area (Å²) in [4.78, 5) is 38.2. The van der Waals surface area contributed by atoms with Gasteiger partial charge >= 0.3 is 17.9 Å². The number of hydrogen-bond acceptors (Lipinski definition) is 6. The maximum Gasteiger partial charge on any atom is 0.306 e. The zero-order valence-electron chi connectivity index (χ0n) is 47.9. The van der Waals surface area contributed by atoms with Crippen molar-refractivity contribution in [2.24, 2.45) is 0 Å². The van der Waals surface area contributed by atoms with E-state index in [-0.39, 0.29) is 37.5 Å². The van der Waals surface area contributed by atoms with E-state index >= 15 is 0 Å². The van der Waals surface area contributed by atoms with Crippen molar-refractivity contribution in [1.82, 2.24) is 0 Å². The summed E-state index contributed by atoms with van der Waals surface area (Å²) in [6, 6.07) is 0. The number of hydrogen-bond donors (Lipinski definition) is 0. The van der Waals surface area contributed by atoms with E-state index in [1.54, 1.807) is 0 Å². The maximum atomic E-state index is 12.8. The molecule has 0 bridgehead atoms. The van der Waals surface area contributed by atoms with Crippen LogP contribution in [0.25, 0.3) is 0 Å². The van der Waals surface area contributed by atoms with Gasteiger partial charge in [-0.3, -0.25) is 14.4 Å². The van der Waals surface area contributed by atoms with E-state index in [0.717, 1.165) is 109 Å². The molecule has 1 unspecified atom stereocenters. The van der Waals surface area contributed by atoms with E-state index in [1.165, 1.54) is 135 Å². The number of unbranched alkanes of at least 4 members (excludes halogenated alkanes) is 28. The van der Waals surface area contributed by atoms with Crippen molar-refractivity contribution in [3.05, 3.63) is 97.2 Å². The Morgan fingerprint density at radius 3 is 0.890 bits per heavy atom. The second kappa shape index (κ2) is 60.9. The van der Waals surface area contributed by atoms with E-state index in [9.17, 15) is 14.4 Å². The standard InChI is InChI=1S/C67H114O6/c1-4-7-10-13-16-19-22-25-28-29-30-31-32-33-34-35-36-37-40-42-45-48-51-54-57-60-66(69)72-63-64(73-67(70)61-58-55-52-49-46-43-39-27-24-21-18-15-12-9-6-3)62-71-65(68)59-56-53-50-47-44-41-38-26-23-20-17-14-11-8-5-2/h9,12,17-18,20-22,25-27,29-30,38-39,46,49,64H,4-8,10-11,13-16,19,23-24,28,31-37,40-45,47-48,50-63H2,1-3H3/b12-9-,20-17-,21-18-,25-22-,30-29-,38-26-,39-27-,49-46-. The molecule has 6 nitrogen and oxygen atoms in total. The van der Waals surface area contributed by atoms with Gasteiger partial charge in [-0.05, 0) is 122 Å². The lowest BCUT2D eigenvalue weighted by molar-refractivity contribution is -0.167. The number of carbonyl (C=O) groups excluding carboxylic acids is 3. The SMILES string of the molecule is CC/C=C\C/C=C\C/C=C\C/C=C\CCCCC(=O)OC(COC(=O)CCCCCCC/C=C\C/C=C\CCCCC)COC(=O)CCCCCCCCCCCCCCC/C=C\C/C=C\CCCCCCC. The van der Waals surface area contributed by atoms with Crippen LogP contribution in [0, 0.1) is 0 Å². The average Bonchev–Trinajstić information content (AvgIpc) is 3.39. The van der Waals surface area contributed by atoms with Crippen molar-refractivity contribution in [3.8, 4) is 0 Å². The Bertz CT molecular complexity index is 1440. The highest BCUT2D eigenvalue weighted by molar-refractivity contribution is 5.71. The molecule has 0 aromatic heterocycles. The third-order valence-electron chi connectivity index (χ3n) is 13.0. The van der Waals surface area contributed by atoms with Crippen molar-refractivity contribution in [2.75, 3.05) is 13.2 Å². The van der Waals surface area contributed by atoms with Crippen LogP contribution in [-0.2, 0) is 28.6 Å². The number of esters is 3. The van der Waals surface area contributed by atoms with Crippen LogP contribution in [0.5, 0.6) is 0 Å². The molecule has 0 spiro atoms. The first-order valence-corrected chi connectivity index (χ1v) is 30.7. The molecular formula is C67H114O6. The van der Waals surface area contributed by atoms with Gasteiger partial charge in [0, 0.05) is 19.3 Å². The zero-order chi connectivity index (χ0) is 52.9. The quantitative estimate of drug-likeness (QED) is 0.0261. The second-order valence-electron chi connectivity index (χ2n) is 20.2. The molecule has 0 fully saturated rings. The van der Waals surface area contributed by atoms with Crippen LogP contribution in [0.15, 0.2) is 97.2 Å². The highest BCUT2D eigenvalue weighted by atomic mass is 16.6. The van der Waals surface area contributed by atoms with Crippen LogP contribution in [-0.4, -0.2) is 37.2 Å². The molecule has 0 N–H and O–H groups in total. The predicted octanol–water partition coefficient (Wildman–Crippen LogP) is 20.9. The van der Waals surface area contributed by atoms with Crippen LogP contribution in [0.4, 0.5) is 0 Å². The molecule has 0 aliphatic rings. The molecule has 418 valence electrons. The molecule has 6 heteroatoms. The minimum Gasteiger partial charge on any atom is -0.462 e. The molecule has 0 saturated heterocycles. The Hall–Kier alpha value is -3.67. The van der Waals surface area contributed by atoms with Gasteiger partial charge in [0.25, 0.3) is 0 Å². The maximum absolute atomic E-state index is 12.8. The van der Waals surface area contributed by atoms with Crippen LogP contribution >= 0.6 is 0 Å². The molecule has 0 aliphatic heterocycles. The first kappa shape index (κ1) is 69.3. The van der Waals surface area contributed by atoms with Crippen molar-refractivity contribution in [1.29, 1.82) is 0 Å². The Balaban J connectivity index is 4.35. The summed E-state index contributed by atoms with van der Waals surface area (Å²) in [6.07, 6.45) is 81.3. The minimum atomic E-state index is -0.807. The molecule has 0 radical (unpaired) electrons. The largest absolute Gasteiger partial charge is 0.462 e. The van der Waals surface area contributed by atoms with Gasteiger partial charge in [-0.25, -0.2) is 0 Å². The van der Waals surface area contributed by atoms with Gasteiger partial charge in [0.05, 0.1) is 0 Å². The predicted molar refractivity (Wildman–Crippen MR) is 316 cm³/mol. The summed E-state index contributed by atoms with van der Waals surface area (Å²) >= 11 is 0. The molecule has 1 atom stereocenters. The summed E-state index contributed by atoms with van der Waals surface area (Å²) in [7, 11) is 0. The number of rotatable bonds is 55. The van der Waals surface area contributed by atoms with Gasteiger partial charge in [-0.15, -0.1) is 0 Å². The molecule has 0 saturated carbocycles. The first-order valence-electron chi connectivity index (χ1n) is 30.7. The van der Waals surface area contributed by atoms with Gasteiger partial charge in [-0.1, -0.05) is 246 Å². The Labute approximate surface area is 451 Å². The monoisotopic (exact) mass is 1010 g/mol. The van der Waals surface area contributed by atoms with E-state index in [2.05, 4.69) is 118 Å². The van der Waals surface area contributed by atoms with Crippen molar-refractivity contribution < 1.29 is 28.6 Å². The molecular weight excluding hydrogens is 901 g/mol. The van der Waals surface area contributed by atoms with E-state index < -0.39 is 6.10 Å². The Kier molecular flexibility index (Phi) is 57.8. The lowest BCUT2D eigenvalue weighted by Gasteiger charge is -2.18. The molecule has 0 aromatic carbocycles. The number of ether oxygens (including phenoxy) is 3. The van der Waals surface area contributed by atoms with Crippen LogP contribution in [0.1, 0.15) is 290 Å².